The van der Waals surface area contributed by atoms with Crippen LogP contribution in [-0.4, -0.2) is 45.2 Å². The maximum atomic E-state index is 12.7. The molecule has 2 N–H and O–H groups in total. The molecule has 8 nitrogen and oxygen atoms in total. The van der Waals surface area contributed by atoms with Gasteiger partial charge in [-0.25, -0.2) is 0 Å². The fraction of sp³-hybridized carbons (Fsp3) is 0.714. The van der Waals surface area contributed by atoms with Crippen molar-refractivity contribution in [2.24, 2.45) is 28.6 Å². The van der Waals surface area contributed by atoms with Crippen LogP contribution in [0, 0.1) is 38.7 Å². The molecule has 3 fully saturated rings. The van der Waals surface area contributed by atoms with Gasteiger partial charge in [0.15, 0.2) is 18.2 Å². The molecule has 158 valence electrons. The molecule has 0 aromatic heterocycles. The lowest BCUT2D eigenvalue weighted by molar-refractivity contribution is -0.754. The number of aliphatic hydroxyl groups excluding tert-OH is 1. The summed E-state index contributed by atoms with van der Waals surface area (Å²) in [7, 11) is 0. The number of carbonyl (C=O) groups excluding carboxylic acids is 2. The van der Waals surface area contributed by atoms with E-state index in [0.717, 1.165) is 18.4 Å². The fourth-order valence-corrected chi connectivity index (χ4v) is 7.02. The normalized spacial score (nSPS) is 45.7. The van der Waals surface area contributed by atoms with E-state index in [9.17, 15) is 29.9 Å². The van der Waals surface area contributed by atoms with Gasteiger partial charge in [0.25, 0.3) is 5.09 Å². The molecule has 0 amide bonds. The second-order valence-electron chi connectivity index (χ2n) is 9.53. The third kappa shape index (κ3) is 2.72. The van der Waals surface area contributed by atoms with E-state index in [1.54, 1.807) is 12.2 Å². The summed E-state index contributed by atoms with van der Waals surface area (Å²) < 4.78 is 0. The molecule has 0 radical (unpaired) electrons. The number of rotatable bonds is 4. The molecule has 0 aliphatic heterocycles. The van der Waals surface area contributed by atoms with Crippen molar-refractivity contribution in [2.75, 3.05) is 6.61 Å². The van der Waals surface area contributed by atoms with Crippen LogP contribution in [0.3, 0.4) is 0 Å². The average Bonchev–Trinajstić information content (AvgIpc) is 2.91. The van der Waals surface area contributed by atoms with Crippen LogP contribution in [0.2, 0.25) is 0 Å². The number of allylic oxidation sites excluding steroid dienone is 4. The highest BCUT2D eigenvalue weighted by molar-refractivity contribution is 6.01. The molecule has 0 bridgehead atoms. The zero-order chi connectivity index (χ0) is 21.2. The van der Waals surface area contributed by atoms with Crippen LogP contribution in [0.4, 0.5) is 0 Å². The van der Waals surface area contributed by atoms with Crippen molar-refractivity contribution in [2.45, 2.75) is 57.7 Å². The van der Waals surface area contributed by atoms with E-state index in [1.165, 1.54) is 0 Å². The Bertz CT molecular complexity index is 835. The molecular formula is C21H27NO7. The van der Waals surface area contributed by atoms with Gasteiger partial charge in [0, 0.05) is 16.7 Å². The summed E-state index contributed by atoms with van der Waals surface area (Å²) in [6.07, 6.45) is 6.96. The molecule has 4 rings (SSSR count). The van der Waals surface area contributed by atoms with Crippen LogP contribution in [0.25, 0.3) is 0 Å². The number of Topliss-reactive ketones (excluding diaryl/α,β-unsaturated/α-hetero) is 1. The van der Waals surface area contributed by atoms with Crippen molar-refractivity contribution in [1.29, 1.82) is 0 Å². The number of hydrogen-bond acceptors (Lipinski definition) is 7. The van der Waals surface area contributed by atoms with Crippen molar-refractivity contribution in [3.63, 3.8) is 0 Å². The van der Waals surface area contributed by atoms with E-state index in [1.807, 2.05) is 13.0 Å². The lowest BCUT2D eigenvalue weighted by Crippen LogP contribution is -2.61. The minimum Gasteiger partial charge on any atom is -0.393 e. The van der Waals surface area contributed by atoms with E-state index in [4.69, 9.17) is 0 Å². The van der Waals surface area contributed by atoms with E-state index < -0.39 is 40.0 Å². The summed E-state index contributed by atoms with van der Waals surface area (Å²) >= 11 is 0. The quantitative estimate of drug-likeness (QED) is 0.539. The molecular weight excluding hydrogens is 378 g/mol. The van der Waals surface area contributed by atoms with Gasteiger partial charge in [-0.1, -0.05) is 25.5 Å². The monoisotopic (exact) mass is 405 g/mol. The number of fused-ring (bicyclic) bond motifs is 5. The van der Waals surface area contributed by atoms with Crippen LogP contribution in [0.5, 0.6) is 0 Å². The lowest BCUT2D eigenvalue weighted by Gasteiger charge is -2.59. The van der Waals surface area contributed by atoms with Crippen LogP contribution in [0.1, 0.15) is 46.0 Å². The molecule has 3 saturated carbocycles. The number of ketones is 2. The lowest BCUT2D eigenvalue weighted by atomic mass is 9.46. The predicted molar refractivity (Wildman–Crippen MR) is 101 cm³/mol. The molecule has 1 unspecified atom stereocenters. The second kappa shape index (κ2) is 6.47. The topological polar surface area (TPSA) is 127 Å². The Hall–Kier alpha value is -2.06. The predicted octanol–water partition coefficient (Wildman–Crippen LogP) is 1.77. The minimum absolute atomic E-state index is 0.00450. The molecule has 4 aliphatic carbocycles. The smallest absolute Gasteiger partial charge is 0.294 e. The van der Waals surface area contributed by atoms with Gasteiger partial charge < -0.3 is 15.1 Å². The molecule has 0 aromatic rings. The fourth-order valence-electron chi connectivity index (χ4n) is 7.02. The Balaban J connectivity index is 1.66. The summed E-state index contributed by atoms with van der Waals surface area (Å²) in [6, 6.07) is 0. The molecule has 0 aromatic carbocycles. The Kier molecular flexibility index (Phi) is 4.51. The molecule has 8 heteroatoms. The first-order valence-electron chi connectivity index (χ1n) is 10.2. The molecule has 0 saturated heterocycles. The van der Waals surface area contributed by atoms with Gasteiger partial charge in [-0.05, 0) is 56.1 Å². The summed E-state index contributed by atoms with van der Waals surface area (Å²) in [4.78, 5) is 39.3. The Morgan fingerprint density at radius 3 is 2.79 bits per heavy atom. The van der Waals surface area contributed by atoms with Gasteiger partial charge in [-0.3, -0.25) is 9.59 Å². The van der Waals surface area contributed by atoms with Gasteiger partial charge in [0.1, 0.15) is 5.60 Å². The standard InChI is InChI=1S/C21H27NO7/c1-19-7-5-13(23)9-12(19)3-4-14-15-6-8-21(26,17(25)11-29-22(27)28)20(15,2)10-16(24)18(14)19/h5,7,9,14-16,18,24,26H,3-4,6,8,10-11H2,1-2H3/t14-,15-,16?,18+,19-,20-,21-/m0/s1. The van der Waals surface area contributed by atoms with E-state index in [2.05, 4.69) is 11.8 Å². The molecule has 7 atom stereocenters. The zero-order valence-electron chi connectivity index (χ0n) is 16.7. The van der Waals surface area contributed by atoms with Crippen LogP contribution in [0.15, 0.2) is 23.8 Å². The van der Waals surface area contributed by atoms with Gasteiger partial charge in [0.05, 0.1) is 6.10 Å². The average molecular weight is 405 g/mol. The third-order valence-corrected chi connectivity index (χ3v) is 8.41. The van der Waals surface area contributed by atoms with Gasteiger partial charge >= 0.3 is 0 Å². The summed E-state index contributed by atoms with van der Waals surface area (Å²) in [5.74, 6) is -0.738. The maximum Gasteiger partial charge on any atom is 0.294 e. The van der Waals surface area contributed by atoms with Crippen LogP contribution in [-0.2, 0) is 14.4 Å². The van der Waals surface area contributed by atoms with Crippen molar-refractivity contribution in [1.82, 2.24) is 0 Å². The zero-order valence-corrected chi connectivity index (χ0v) is 16.7. The van der Waals surface area contributed by atoms with E-state index in [0.29, 0.717) is 6.42 Å². The molecule has 4 aliphatic rings. The van der Waals surface area contributed by atoms with Gasteiger partial charge in [-0.15, -0.1) is 10.1 Å². The maximum absolute atomic E-state index is 12.7. The molecule has 0 spiro atoms. The highest BCUT2D eigenvalue weighted by atomic mass is 16.9. The first-order valence-corrected chi connectivity index (χ1v) is 10.2. The molecule has 29 heavy (non-hydrogen) atoms. The van der Waals surface area contributed by atoms with Crippen molar-refractivity contribution < 1.29 is 29.7 Å². The third-order valence-electron chi connectivity index (χ3n) is 8.41. The van der Waals surface area contributed by atoms with Gasteiger partial charge in [0.2, 0.25) is 0 Å². The largest absolute Gasteiger partial charge is 0.393 e. The van der Waals surface area contributed by atoms with E-state index >= 15 is 0 Å². The van der Waals surface area contributed by atoms with Crippen molar-refractivity contribution in [3.05, 3.63) is 33.9 Å². The highest BCUT2D eigenvalue weighted by Gasteiger charge is 2.68. The van der Waals surface area contributed by atoms with Gasteiger partial charge in [-0.2, -0.15) is 0 Å². The highest BCUT2D eigenvalue weighted by Crippen LogP contribution is 2.67. The Labute approximate surface area is 168 Å². The molecule has 0 heterocycles. The van der Waals surface area contributed by atoms with Crippen molar-refractivity contribution in [3.8, 4) is 0 Å². The first-order chi connectivity index (χ1) is 13.5. The Morgan fingerprint density at radius 2 is 2.10 bits per heavy atom. The van der Waals surface area contributed by atoms with E-state index in [-0.39, 0.29) is 36.4 Å². The van der Waals surface area contributed by atoms with Crippen molar-refractivity contribution >= 4 is 11.6 Å². The number of aliphatic hydroxyl groups is 2. The summed E-state index contributed by atoms with van der Waals surface area (Å²) in [5.41, 5.74) is -2.01. The number of carbonyl (C=O) groups is 2. The minimum atomic E-state index is -1.75. The number of nitrogens with zero attached hydrogens (tertiary/aromatic N) is 1. The summed E-state index contributed by atoms with van der Waals surface area (Å²) in [6.45, 7) is 3.09. The number of hydrogen-bond donors (Lipinski definition) is 2. The van der Waals surface area contributed by atoms with Crippen LogP contribution >= 0.6 is 0 Å². The SMILES string of the molecule is C[C@]12C=CC(=O)C=C1CC[C@@H]1[C@@H]2C(O)C[C@@]2(C)[C@H]1CC[C@]2(O)C(=O)CO[N+](=O)[O-]. The Morgan fingerprint density at radius 1 is 1.38 bits per heavy atom. The van der Waals surface area contributed by atoms with Crippen LogP contribution < -0.4 is 0 Å². The second-order valence-corrected chi connectivity index (χ2v) is 9.53. The first kappa shape index (κ1) is 20.2. The summed E-state index contributed by atoms with van der Waals surface area (Å²) in [5, 5.41) is 32.0.